The third-order valence-corrected chi connectivity index (χ3v) is 5.67. The Kier molecular flexibility index (Phi) is 5.51. The predicted molar refractivity (Wildman–Crippen MR) is 131 cm³/mol. The summed E-state index contributed by atoms with van der Waals surface area (Å²) in [6.07, 6.45) is 0. The van der Waals surface area contributed by atoms with E-state index in [2.05, 4.69) is 17.0 Å². The summed E-state index contributed by atoms with van der Waals surface area (Å²) < 4.78 is 12.5. The smallest absolute Gasteiger partial charge is 0.340 e. The number of hydrogen-bond acceptors (Lipinski definition) is 6. The van der Waals surface area contributed by atoms with Crippen molar-refractivity contribution in [2.45, 2.75) is 13.8 Å². The second-order valence-corrected chi connectivity index (χ2v) is 7.93. The van der Waals surface area contributed by atoms with Gasteiger partial charge in [0.05, 0.1) is 12.0 Å². The van der Waals surface area contributed by atoms with Gasteiger partial charge in [0.1, 0.15) is 22.8 Å². The number of nitrogens with zero attached hydrogens (tertiary/aromatic N) is 4. The second-order valence-electron chi connectivity index (χ2n) is 7.93. The molecule has 0 fully saturated rings. The van der Waals surface area contributed by atoms with Crippen LogP contribution < -0.4 is 4.74 Å². The number of methoxy groups -OCH3 is 1. The van der Waals surface area contributed by atoms with Gasteiger partial charge in [-0.15, -0.1) is 0 Å². The Balaban J connectivity index is 1.59. The molecule has 8 nitrogen and oxygen atoms in total. The van der Waals surface area contributed by atoms with Gasteiger partial charge in [-0.1, -0.05) is 35.2 Å². The molecule has 0 aliphatic carbocycles. The third-order valence-electron chi connectivity index (χ3n) is 5.67. The summed E-state index contributed by atoms with van der Waals surface area (Å²) >= 11 is 0. The van der Waals surface area contributed by atoms with Crippen LogP contribution in [0, 0.1) is 35.8 Å². The molecule has 0 aliphatic heterocycles. The Morgan fingerprint density at radius 1 is 0.971 bits per heavy atom. The zero-order chi connectivity index (χ0) is 24.5. The summed E-state index contributed by atoms with van der Waals surface area (Å²) in [6.45, 7) is 3.46. The van der Waals surface area contributed by atoms with Gasteiger partial charge >= 0.3 is 5.69 Å². The highest BCUT2D eigenvalue weighted by Crippen LogP contribution is 2.39. The van der Waals surface area contributed by atoms with E-state index in [1.54, 1.807) is 14.0 Å². The van der Waals surface area contributed by atoms with Crippen LogP contribution in [-0.2, 0) is 0 Å². The van der Waals surface area contributed by atoms with Crippen LogP contribution in [-0.4, -0.2) is 26.6 Å². The SMILES string of the molecule is COc1ccc(C#Cc2ccc(-c3nc4cccc(C)n4c3-c3onc(C)c3[N+](=O)[O-])cc2)cc1. The molecule has 0 unspecified atom stereocenters. The van der Waals surface area contributed by atoms with Crippen molar-refractivity contribution in [3.63, 3.8) is 0 Å². The normalized spacial score (nSPS) is 10.7. The van der Waals surface area contributed by atoms with Crippen molar-refractivity contribution in [3.8, 4) is 40.3 Å². The predicted octanol–water partition coefficient (Wildman–Crippen LogP) is 5.59. The molecule has 0 radical (unpaired) electrons. The fraction of sp³-hybridized carbons (Fsp3) is 0.111. The number of nitro groups is 1. The number of pyridine rings is 1. The number of hydrogen-bond donors (Lipinski definition) is 0. The van der Waals surface area contributed by atoms with Crippen LogP contribution in [0.3, 0.4) is 0 Å². The highest BCUT2D eigenvalue weighted by Gasteiger charge is 2.31. The molecule has 5 aromatic rings. The summed E-state index contributed by atoms with van der Waals surface area (Å²) in [6, 6.07) is 20.8. The lowest BCUT2D eigenvalue weighted by atomic mass is 10.1. The van der Waals surface area contributed by atoms with Crippen LogP contribution in [0.1, 0.15) is 22.5 Å². The molecule has 2 aromatic carbocycles. The minimum absolute atomic E-state index is 0.0765. The third kappa shape index (κ3) is 4.00. The van der Waals surface area contributed by atoms with Gasteiger partial charge in [0.15, 0.2) is 5.69 Å². The number of rotatable bonds is 4. The molecule has 8 heteroatoms. The highest BCUT2D eigenvalue weighted by molar-refractivity contribution is 5.84. The number of ether oxygens (including phenoxy) is 1. The van der Waals surface area contributed by atoms with E-state index in [1.807, 2.05) is 78.1 Å². The number of fused-ring (bicyclic) bond motifs is 1. The van der Waals surface area contributed by atoms with E-state index >= 15 is 0 Å². The molecule has 172 valence electrons. The molecule has 0 atom stereocenters. The Bertz CT molecular complexity index is 1620. The van der Waals surface area contributed by atoms with Crippen molar-refractivity contribution in [1.29, 1.82) is 0 Å². The Hall–Kier alpha value is -4.90. The molecule has 0 aliphatic rings. The first-order valence-electron chi connectivity index (χ1n) is 10.8. The molecule has 35 heavy (non-hydrogen) atoms. The molecular formula is C27H20N4O4. The number of aryl methyl sites for hydroxylation is 2. The first kappa shape index (κ1) is 21.9. The van der Waals surface area contributed by atoms with Crippen molar-refractivity contribution in [3.05, 3.63) is 99.4 Å². The Labute approximate surface area is 200 Å². The van der Waals surface area contributed by atoms with Gasteiger partial charge in [0.2, 0.25) is 0 Å². The molecule has 0 amide bonds. The Morgan fingerprint density at radius 2 is 1.63 bits per heavy atom. The average molecular weight is 464 g/mol. The maximum Gasteiger partial charge on any atom is 0.340 e. The molecular weight excluding hydrogens is 444 g/mol. The van der Waals surface area contributed by atoms with Crippen LogP contribution in [0.4, 0.5) is 5.69 Å². The van der Waals surface area contributed by atoms with Gasteiger partial charge < -0.3 is 9.26 Å². The van der Waals surface area contributed by atoms with E-state index in [-0.39, 0.29) is 17.1 Å². The molecule has 0 saturated carbocycles. The van der Waals surface area contributed by atoms with Crippen molar-refractivity contribution in [2.75, 3.05) is 7.11 Å². The molecule has 0 saturated heterocycles. The molecule has 0 bridgehead atoms. The summed E-state index contributed by atoms with van der Waals surface area (Å²) in [5.74, 6) is 7.14. The van der Waals surface area contributed by atoms with Gasteiger partial charge in [-0.25, -0.2) is 4.98 Å². The summed E-state index contributed by atoms with van der Waals surface area (Å²) in [7, 11) is 1.62. The summed E-state index contributed by atoms with van der Waals surface area (Å²) in [5, 5.41) is 15.7. The van der Waals surface area contributed by atoms with Gasteiger partial charge in [-0.2, -0.15) is 0 Å². The monoisotopic (exact) mass is 464 g/mol. The maximum atomic E-state index is 11.8. The molecule has 0 N–H and O–H groups in total. The Morgan fingerprint density at radius 3 is 2.26 bits per heavy atom. The molecule has 3 aromatic heterocycles. The number of benzene rings is 2. The van der Waals surface area contributed by atoms with Crippen molar-refractivity contribution in [2.24, 2.45) is 0 Å². The molecule has 0 spiro atoms. The lowest BCUT2D eigenvalue weighted by Gasteiger charge is -2.05. The van der Waals surface area contributed by atoms with E-state index in [0.29, 0.717) is 17.0 Å². The van der Waals surface area contributed by atoms with E-state index < -0.39 is 4.92 Å². The summed E-state index contributed by atoms with van der Waals surface area (Å²) in [5.41, 5.74) is 5.09. The van der Waals surface area contributed by atoms with E-state index in [1.165, 1.54) is 0 Å². The fourth-order valence-corrected chi connectivity index (χ4v) is 3.93. The van der Waals surface area contributed by atoms with E-state index in [4.69, 9.17) is 14.2 Å². The topological polar surface area (TPSA) is 95.7 Å². The minimum atomic E-state index is -0.472. The van der Waals surface area contributed by atoms with Crippen LogP contribution in [0.15, 0.2) is 71.3 Å². The van der Waals surface area contributed by atoms with Crippen LogP contribution in [0.2, 0.25) is 0 Å². The van der Waals surface area contributed by atoms with Crippen molar-refractivity contribution in [1.82, 2.24) is 14.5 Å². The number of imidazole rings is 1. The zero-order valence-corrected chi connectivity index (χ0v) is 19.3. The van der Waals surface area contributed by atoms with E-state index in [0.717, 1.165) is 28.1 Å². The lowest BCUT2D eigenvalue weighted by Crippen LogP contribution is -1.97. The second kappa shape index (κ2) is 8.80. The fourth-order valence-electron chi connectivity index (χ4n) is 3.93. The van der Waals surface area contributed by atoms with Crippen molar-refractivity contribution >= 4 is 11.3 Å². The standard InChI is InChI=1S/C27H20N4O4/c1-17-5-4-6-23-28-24(26(30(17)23)27-25(31(32)33)18(2)29-35-27)21-13-9-19(10-14-21)7-8-20-11-15-22(34-3)16-12-20/h4-6,9-16H,1-3H3. The van der Waals surface area contributed by atoms with Crippen LogP contribution in [0.5, 0.6) is 5.75 Å². The van der Waals surface area contributed by atoms with Crippen LogP contribution >= 0.6 is 0 Å². The largest absolute Gasteiger partial charge is 0.497 e. The first-order chi connectivity index (χ1) is 17.0. The quantitative estimate of drug-likeness (QED) is 0.195. The van der Waals surface area contributed by atoms with E-state index in [9.17, 15) is 10.1 Å². The maximum absolute atomic E-state index is 11.8. The van der Waals surface area contributed by atoms with Gasteiger partial charge in [-0.05, 0) is 62.4 Å². The highest BCUT2D eigenvalue weighted by atomic mass is 16.6. The molecule has 3 heterocycles. The zero-order valence-electron chi connectivity index (χ0n) is 19.3. The minimum Gasteiger partial charge on any atom is -0.497 e. The number of aromatic nitrogens is 3. The van der Waals surface area contributed by atoms with Gasteiger partial charge in [-0.3, -0.25) is 14.5 Å². The molecule has 5 rings (SSSR count). The summed E-state index contributed by atoms with van der Waals surface area (Å²) in [4.78, 5) is 16.1. The van der Waals surface area contributed by atoms with Crippen LogP contribution in [0.25, 0.3) is 28.4 Å². The van der Waals surface area contributed by atoms with Gasteiger partial charge in [0, 0.05) is 22.4 Å². The van der Waals surface area contributed by atoms with Crippen molar-refractivity contribution < 1.29 is 14.2 Å². The first-order valence-corrected chi connectivity index (χ1v) is 10.8. The average Bonchev–Trinajstić information content (AvgIpc) is 3.44. The van der Waals surface area contributed by atoms with Gasteiger partial charge in [0.25, 0.3) is 5.76 Å². The lowest BCUT2D eigenvalue weighted by molar-refractivity contribution is -0.385.